The summed E-state index contributed by atoms with van der Waals surface area (Å²) in [5.41, 5.74) is 4.15. The minimum absolute atomic E-state index is 0.0296. The number of amides is 1. The number of carbonyl (C=O) groups excluding carboxylic acids is 1. The van der Waals surface area contributed by atoms with Gasteiger partial charge in [-0.15, -0.1) is 0 Å². The fraction of sp³-hybridized carbons (Fsp3) is 0.333. The number of benzene rings is 2. The molecule has 1 aromatic heterocycles. The number of imidazole rings is 1. The maximum atomic E-state index is 12.2. The molecule has 130 valence electrons. The molecule has 0 radical (unpaired) electrons. The predicted molar refractivity (Wildman–Crippen MR) is 101 cm³/mol. The molecule has 0 bridgehead atoms. The number of nitrogens with zero attached hydrogens (tertiary/aromatic N) is 2. The Hall–Kier alpha value is -2.62. The molecular formula is C21H25N3O. The summed E-state index contributed by atoms with van der Waals surface area (Å²) < 4.78 is 2.20. The molecule has 3 rings (SSSR count). The number of para-hydroxylation sites is 2. The highest BCUT2D eigenvalue weighted by Gasteiger charge is 2.21. The van der Waals surface area contributed by atoms with Crippen molar-refractivity contribution in [2.45, 2.75) is 40.8 Å². The monoisotopic (exact) mass is 335 g/mol. The smallest absolute Gasteiger partial charge is 0.225 e. The van der Waals surface area contributed by atoms with E-state index in [1.54, 1.807) is 0 Å². The lowest BCUT2D eigenvalue weighted by atomic mass is 9.96. The molecule has 0 fully saturated rings. The van der Waals surface area contributed by atoms with E-state index in [0.717, 1.165) is 23.4 Å². The van der Waals surface area contributed by atoms with Crippen LogP contribution in [-0.4, -0.2) is 15.5 Å². The minimum atomic E-state index is -0.410. The van der Waals surface area contributed by atoms with Crippen LogP contribution in [0, 0.1) is 12.3 Å². The summed E-state index contributed by atoms with van der Waals surface area (Å²) in [7, 11) is 0. The SMILES string of the molecule is Cc1ccccc1Cn1c(CNC(=O)C(C)(C)C)nc2ccccc21. The van der Waals surface area contributed by atoms with Gasteiger partial charge in [-0.1, -0.05) is 57.2 Å². The Bertz CT molecular complexity index is 903. The summed E-state index contributed by atoms with van der Waals surface area (Å²) in [6, 6.07) is 16.5. The van der Waals surface area contributed by atoms with Gasteiger partial charge in [0.05, 0.1) is 17.6 Å². The molecule has 0 saturated carbocycles. The second-order valence-electron chi connectivity index (χ2n) is 7.46. The molecule has 3 aromatic rings. The Balaban J connectivity index is 1.95. The van der Waals surface area contributed by atoms with Gasteiger partial charge in [-0.2, -0.15) is 0 Å². The molecule has 0 atom stereocenters. The van der Waals surface area contributed by atoms with Gasteiger partial charge in [0.25, 0.3) is 0 Å². The zero-order valence-corrected chi connectivity index (χ0v) is 15.3. The van der Waals surface area contributed by atoms with E-state index in [2.05, 4.69) is 47.1 Å². The van der Waals surface area contributed by atoms with Crippen LogP contribution in [0.25, 0.3) is 11.0 Å². The first-order chi connectivity index (χ1) is 11.9. The maximum absolute atomic E-state index is 12.2. The summed E-state index contributed by atoms with van der Waals surface area (Å²) in [6.07, 6.45) is 0. The highest BCUT2D eigenvalue weighted by Crippen LogP contribution is 2.20. The van der Waals surface area contributed by atoms with Crippen molar-refractivity contribution in [1.82, 2.24) is 14.9 Å². The molecule has 2 aromatic carbocycles. The van der Waals surface area contributed by atoms with Crippen molar-refractivity contribution in [2.24, 2.45) is 5.41 Å². The first kappa shape index (κ1) is 17.2. The van der Waals surface area contributed by atoms with Crippen molar-refractivity contribution < 1.29 is 4.79 Å². The lowest BCUT2D eigenvalue weighted by Gasteiger charge is -2.18. The molecule has 0 saturated heterocycles. The molecule has 0 aliphatic carbocycles. The average molecular weight is 335 g/mol. The van der Waals surface area contributed by atoms with Gasteiger partial charge >= 0.3 is 0 Å². The van der Waals surface area contributed by atoms with Gasteiger partial charge in [0.1, 0.15) is 5.82 Å². The lowest BCUT2D eigenvalue weighted by molar-refractivity contribution is -0.128. The second-order valence-corrected chi connectivity index (χ2v) is 7.46. The summed E-state index contributed by atoms with van der Waals surface area (Å²) in [4.78, 5) is 17.0. The zero-order valence-electron chi connectivity index (χ0n) is 15.3. The fourth-order valence-corrected chi connectivity index (χ4v) is 2.82. The number of rotatable bonds is 4. The molecule has 0 unspecified atom stereocenters. The third kappa shape index (κ3) is 3.73. The van der Waals surface area contributed by atoms with Crippen LogP contribution >= 0.6 is 0 Å². The fourth-order valence-electron chi connectivity index (χ4n) is 2.82. The summed E-state index contributed by atoms with van der Waals surface area (Å²) >= 11 is 0. The summed E-state index contributed by atoms with van der Waals surface area (Å²) in [6.45, 7) is 9.04. The van der Waals surface area contributed by atoms with E-state index >= 15 is 0 Å². The van der Waals surface area contributed by atoms with Crippen molar-refractivity contribution in [3.05, 3.63) is 65.5 Å². The molecule has 1 N–H and O–H groups in total. The third-order valence-electron chi connectivity index (χ3n) is 4.41. The molecule has 1 heterocycles. The van der Waals surface area contributed by atoms with Crippen LogP contribution in [0.3, 0.4) is 0 Å². The highest BCUT2D eigenvalue weighted by atomic mass is 16.2. The van der Waals surface area contributed by atoms with Gasteiger partial charge < -0.3 is 9.88 Å². The number of carbonyl (C=O) groups is 1. The van der Waals surface area contributed by atoms with E-state index in [4.69, 9.17) is 4.98 Å². The molecule has 4 heteroatoms. The van der Waals surface area contributed by atoms with Gasteiger partial charge in [-0.05, 0) is 30.2 Å². The largest absolute Gasteiger partial charge is 0.348 e. The lowest BCUT2D eigenvalue weighted by Crippen LogP contribution is -2.35. The molecular weight excluding hydrogens is 310 g/mol. The Kier molecular flexibility index (Phi) is 4.62. The van der Waals surface area contributed by atoms with Crippen LogP contribution in [0.1, 0.15) is 37.7 Å². The third-order valence-corrected chi connectivity index (χ3v) is 4.41. The van der Waals surface area contributed by atoms with Crippen LogP contribution in [0.2, 0.25) is 0 Å². The minimum Gasteiger partial charge on any atom is -0.348 e. The normalized spacial score (nSPS) is 11.7. The van der Waals surface area contributed by atoms with Gasteiger partial charge in [0, 0.05) is 12.0 Å². The van der Waals surface area contributed by atoms with Gasteiger partial charge in [-0.3, -0.25) is 4.79 Å². The second kappa shape index (κ2) is 6.71. The predicted octanol–water partition coefficient (Wildman–Crippen LogP) is 4.06. The molecule has 25 heavy (non-hydrogen) atoms. The molecule has 0 aliphatic rings. The number of nitrogens with one attached hydrogen (secondary N) is 1. The number of fused-ring (bicyclic) bond motifs is 1. The Morgan fingerprint density at radius 1 is 1.08 bits per heavy atom. The Labute approximate surface area is 148 Å². The maximum Gasteiger partial charge on any atom is 0.225 e. The number of aromatic nitrogens is 2. The van der Waals surface area contributed by atoms with E-state index in [1.165, 1.54) is 11.1 Å². The van der Waals surface area contributed by atoms with Crippen molar-refractivity contribution in [2.75, 3.05) is 0 Å². The summed E-state index contributed by atoms with van der Waals surface area (Å²) in [5.74, 6) is 0.907. The highest BCUT2D eigenvalue weighted by molar-refractivity contribution is 5.81. The van der Waals surface area contributed by atoms with Gasteiger partial charge in [0.2, 0.25) is 5.91 Å². The average Bonchev–Trinajstić information content (AvgIpc) is 2.91. The number of hydrogen-bond donors (Lipinski definition) is 1. The number of aryl methyl sites for hydroxylation is 1. The van der Waals surface area contributed by atoms with E-state index in [9.17, 15) is 4.79 Å². The summed E-state index contributed by atoms with van der Waals surface area (Å²) in [5, 5.41) is 3.02. The number of hydrogen-bond acceptors (Lipinski definition) is 2. The standard InChI is InChI=1S/C21H25N3O/c1-15-9-5-6-10-16(15)14-24-18-12-8-7-11-17(18)23-19(24)13-22-20(25)21(2,3)4/h5-12H,13-14H2,1-4H3,(H,22,25). The quantitative estimate of drug-likeness (QED) is 0.782. The molecule has 0 spiro atoms. The van der Waals surface area contributed by atoms with E-state index in [0.29, 0.717) is 6.54 Å². The van der Waals surface area contributed by atoms with E-state index in [1.807, 2.05) is 39.0 Å². The van der Waals surface area contributed by atoms with Crippen LogP contribution in [0.4, 0.5) is 0 Å². The first-order valence-corrected chi connectivity index (χ1v) is 8.63. The van der Waals surface area contributed by atoms with Crippen molar-refractivity contribution >= 4 is 16.9 Å². The van der Waals surface area contributed by atoms with Crippen LogP contribution in [0.15, 0.2) is 48.5 Å². The van der Waals surface area contributed by atoms with E-state index < -0.39 is 5.41 Å². The van der Waals surface area contributed by atoms with E-state index in [-0.39, 0.29) is 5.91 Å². The van der Waals surface area contributed by atoms with Crippen molar-refractivity contribution in [1.29, 1.82) is 0 Å². The van der Waals surface area contributed by atoms with Crippen molar-refractivity contribution in [3.63, 3.8) is 0 Å². The van der Waals surface area contributed by atoms with Gasteiger partial charge in [0.15, 0.2) is 0 Å². The van der Waals surface area contributed by atoms with Gasteiger partial charge in [-0.25, -0.2) is 4.98 Å². The van der Waals surface area contributed by atoms with Crippen molar-refractivity contribution in [3.8, 4) is 0 Å². The van der Waals surface area contributed by atoms with Crippen LogP contribution in [0.5, 0.6) is 0 Å². The molecule has 0 aliphatic heterocycles. The van der Waals surface area contributed by atoms with Crippen LogP contribution < -0.4 is 5.32 Å². The molecule has 4 nitrogen and oxygen atoms in total. The Morgan fingerprint density at radius 3 is 2.48 bits per heavy atom. The Morgan fingerprint density at radius 2 is 1.76 bits per heavy atom. The topological polar surface area (TPSA) is 46.9 Å². The first-order valence-electron chi connectivity index (χ1n) is 8.63. The molecule has 1 amide bonds. The zero-order chi connectivity index (χ0) is 18.0. The van der Waals surface area contributed by atoms with Crippen LogP contribution in [-0.2, 0) is 17.9 Å².